The van der Waals surface area contributed by atoms with Gasteiger partial charge in [0.1, 0.15) is 10.8 Å². The van der Waals surface area contributed by atoms with Crippen LogP contribution in [0.15, 0.2) is 34.6 Å². The fourth-order valence-electron chi connectivity index (χ4n) is 1.72. The highest BCUT2D eigenvalue weighted by molar-refractivity contribution is 7.13. The second kappa shape index (κ2) is 7.64. The number of ether oxygens (including phenoxy) is 1. The van der Waals surface area contributed by atoms with E-state index in [4.69, 9.17) is 10.5 Å². The van der Waals surface area contributed by atoms with Crippen LogP contribution in [0.5, 0.6) is 5.75 Å². The van der Waals surface area contributed by atoms with E-state index < -0.39 is 0 Å². The zero-order chi connectivity index (χ0) is 15.1. The number of nitrogens with two attached hydrogens (primary N) is 1. The molecule has 112 valence electrons. The number of nitrogens with zero attached hydrogens (tertiary/aromatic N) is 2. The molecule has 6 heteroatoms. The van der Waals surface area contributed by atoms with Gasteiger partial charge in [0.25, 0.3) is 0 Å². The van der Waals surface area contributed by atoms with Gasteiger partial charge in [0, 0.05) is 17.5 Å². The zero-order valence-electron chi connectivity index (χ0n) is 12.3. The molecule has 1 aromatic carbocycles. The summed E-state index contributed by atoms with van der Waals surface area (Å²) in [5, 5.41) is 6.03. The number of aliphatic imine (C=N–C) groups is 1. The Morgan fingerprint density at radius 1 is 1.38 bits per heavy atom. The number of benzene rings is 1. The maximum atomic E-state index is 5.76. The van der Waals surface area contributed by atoms with Crippen molar-refractivity contribution in [3.63, 3.8) is 0 Å². The van der Waals surface area contributed by atoms with Gasteiger partial charge < -0.3 is 15.8 Å². The van der Waals surface area contributed by atoms with Crippen molar-refractivity contribution in [2.45, 2.75) is 19.9 Å². The van der Waals surface area contributed by atoms with Crippen LogP contribution in [0.4, 0.5) is 0 Å². The lowest BCUT2D eigenvalue weighted by atomic mass is 10.2. The molecule has 0 aliphatic heterocycles. The van der Waals surface area contributed by atoms with Crippen molar-refractivity contribution in [3.8, 4) is 16.3 Å². The van der Waals surface area contributed by atoms with Gasteiger partial charge in [0.2, 0.25) is 0 Å². The minimum Gasteiger partial charge on any atom is -0.497 e. The SMILES string of the molecule is CCCNC(N)=NCc1csc(-c2ccc(OC)cc2)n1. The fourth-order valence-corrected chi connectivity index (χ4v) is 2.54. The van der Waals surface area contributed by atoms with E-state index in [1.807, 2.05) is 29.6 Å². The number of hydrogen-bond donors (Lipinski definition) is 2. The van der Waals surface area contributed by atoms with Gasteiger partial charge >= 0.3 is 0 Å². The van der Waals surface area contributed by atoms with Crippen LogP contribution in [-0.2, 0) is 6.54 Å². The van der Waals surface area contributed by atoms with E-state index >= 15 is 0 Å². The summed E-state index contributed by atoms with van der Waals surface area (Å²) in [6.07, 6.45) is 1.02. The highest BCUT2D eigenvalue weighted by Crippen LogP contribution is 2.25. The van der Waals surface area contributed by atoms with Gasteiger partial charge in [-0.25, -0.2) is 9.98 Å². The average molecular weight is 304 g/mol. The Balaban J connectivity index is 2.00. The third kappa shape index (κ3) is 4.46. The molecule has 0 atom stereocenters. The fraction of sp³-hybridized carbons (Fsp3) is 0.333. The van der Waals surface area contributed by atoms with Crippen LogP contribution in [0, 0.1) is 0 Å². The van der Waals surface area contributed by atoms with Crippen LogP contribution >= 0.6 is 11.3 Å². The number of rotatable bonds is 6. The first-order valence-electron chi connectivity index (χ1n) is 6.85. The summed E-state index contributed by atoms with van der Waals surface area (Å²) in [6, 6.07) is 7.87. The van der Waals surface area contributed by atoms with Crippen molar-refractivity contribution in [2.24, 2.45) is 10.7 Å². The van der Waals surface area contributed by atoms with Crippen molar-refractivity contribution in [1.82, 2.24) is 10.3 Å². The molecule has 1 aromatic heterocycles. The smallest absolute Gasteiger partial charge is 0.188 e. The Labute approximate surface area is 128 Å². The van der Waals surface area contributed by atoms with Gasteiger partial charge in [0.05, 0.1) is 19.3 Å². The predicted octanol–water partition coefficient (Wildman–Crippen LogP) is 2.63. The first-order valence-corrected chi connectivity index (χ1v) is 7.73. The average Bonchev–Trinajstić information content (AvgIpc) is 3.00. The lowest BCUT2D eigenvalue weighted by Gasteiger charge is -2.02. The van der Waals surface area contributed by atoms with Crippen molar-refractivity contribution < 1.29 is 4.74 Å². The highest BCUT2D eigenvalue weighted by Gasteiger charge is 2.05. The van der Waals surface area contributed by atoms with Crippen LogP contribution in [0.3, 0.4) is 0 Å². The Hall–Kier alpha value is -2.08. The standard InChI is InChI=1S/C15H20N4OS/c1-3-8-17-15(16)18-9-12-10-21-14(19-12)11-4-6-13(20-2)7-5-11/h4-7,10H,3,8-9H2,1-2H3,(H3,16,17,18). The number of hydrogen-bond acceptors (Lipinski definition) is 4. The molecule has 3 N–H and O–H groups in total. The lowest BCUT2D eigenvalue weighted by molar-refractivity contribution is 0.415. The molecular formula is C15H20N4OS. The van der Waals surface area contributed by atoms with Crippen LogP contribution in [0.1, 0.15) is 19.0 Å². The summed E-state index contributed by atoms with van der Waals surface area (Å²) in [7, 11) is 1.66. The molecule has 0 fully saturated rings. The monoisotopic (exact) mass is 304 g/mol. The maximum absolute atomic E-state index is 5.76. The number of thiazole rings is 1. The third-order valence-corrected chi connectivity index (χ3v) is 3.80. The summed E-state index contributed by atoms with van der Waals surface area (Å²) in [5.74, 6) is 1.31. The van der Waals surface area contributed by atoms with Gasteiger partial charge in [-0.3, -0.25) is 0 Å². The molecule has 21 heavy (non-hydrogen) atoms. The largest absolute Gasteiger partial charge is 0.497 e. The Kier molecular flexibility index (Phi) is 5.57. The molecule has 2 rings (SSSR count). The van der Waals surface area contributed by atoms with Crippen LogP contribution in [0.2, 0.25) is 0 Å². The van der Waals surface area contributed by atoms with Gasteiger partial charge in [-0.1, -0.05) is 6.92 Å². The van der Waals surface area contributed by atoms with Gasteiger partial charge in [0.15, 0.2) is 5.96 Å². The third-order valence-electron chi connectivity index (χ3n) is 2.86. The first-order chi connectivity index (χ1) is 10.2. The molecule has 0 bridgehead atoms. The molecule has 0 saturated carbocycles. The zero-order valence-corrected chi connectivity index (χ0v) is 13.1. The quantitative estimate of drug-likeness (QED) is 0.635. The van der Waals surface area contributed by atoms with E-state index in [0.29, 0.717) is 12.5 Å². The van der Waals surface area contributed by atoms with E-state index in [2.05, 4.69) is 22.2 Å². The number of methoxy groups -OCH3 is 1. The summed E-state index contributed by atoms with van der Waals surface area (Å²) in [5.41, 5.74) is 7.76. The summed E-state index contributed by atoms with van der Waals surface area (Å²) >= 11 is 1.60. The molecule has 0 unspecified atom stereocenters. The van der Waals surface area contributed by atoms with E-state index in [0.717, 1.165) is 35.0 Å². The summed E-state index contributed by atoms with van der Waals surface area (Å²) in [6.45, 7) is 3.42. The molecule has 2 aromatic rings. The van der Waals surface area contributed by atoms with Gasteiger partial charge in [-0.15, -0.1) is 11.3 Å². The van der Waals surface area contributed by atoms with E-state index in [9.17, 15) is 0 Å². The lowest BCUT2D eigenvalue weighted by Crippen LogP contribution is -2.32. The van der Waals surface area contributed by atoms with Crippen molar-refractivity contribution >= 4 is 17.3 Å². The molecular weight excluding hydrogens is 284 g/mol. The summed E-state index contributed by atoms with van der Waals surface area (Å²) < 4.78 is 5.15. The Bertz CT molecular complexity index is 592. The van der Waals surface area contributed by atoms with Crippen molar-refractivity contribution in [3.05, 3.63) is 35.3 Å². The number of guanidine groups is 1. The molecule has 0 saturated heterocycles. The minimum absolute atomic E-state index is 0.468. The molecule has 1 heterocycles. The Morgan fingerprint density at radius 2 is 2.14 bits per heavy atom. The normalized spacial score (nSPS) is 11.4. The minimum atomic E-state index is 0.468. The maximum Gasteiger partial charge on any atom is 0.188 e. The Morgan fingerprint density at radius 3 is 2.81 bits per heavy atom. The predicted molar refractivity (Wildman–Crippen MR) is 87.7 cm³/mol. The van der Waals surface area contributed by atoms with Crippen molar-refractivity contribution in [1.29, 1.82) is 0 Å². The molecule has 0 aliphatic rings. The van der Waals surface area contributed by atoms with Crippen LogP contribution in [-0.4, -0.2) is 24.6 Å². The topological polar surface area (TPSA) is 72.5 Å². The van der Waals surface area contributed by atoms with E-state index in [-0.39, 0.29) is 0 Å². The van der Waals surface area contributed by atoms with E-state index in [1.165, 1.54) is 0 Å². The number of nitrogens with one attached hydrogen (secondary N) is 1. The number of aromatic nitrogens is 1. The van der Waals surface area contributed by atoms with Crippen LogP contribution in [0.25, 0.3) is 10.6 Å². The molecule has 0 radical (unpaired) electrons. The molecule has 5 nitrogen and oxygen atoms in total. The van der Waals surface area contributed by atoms with Gasteiger partial charge in [-0.05, 0) is 30.7 Å². The van der Waals surface area contributed by atoms with Crippen LogP contribution < -0.4 is 15.8 Å². The second-order valence-electron chi connectivity index (χ2n) is 4.50. The summed E-state index contributed by atoms with van der Waals surface area (Å²) in [4.78, 5) is 8.85. The van der Waals surface area contributed by atoms with Crippen molar-refractivity contribution in [2.75, 3.05) is 13.7 Å². The van der Waals surface area contributed by atoms with Gasteiger partial charge in [-0.2, -0.15) is 0 Å². The molecule has 0 amide bonds. The second-order valence-corrected chi connectivity index (χ2v) is 5.36. The first kappa shape index (κ1) is 15.3. The molecule has 0 aliphatic carbocycles. The van der Waals surface area contributed by atoms with E-state index in [1.54, 1.807) is 18.4 Å². The highest BCUT2D eigenvalue weighted by atomic mass is 32.1. The molecule has 0 spiro atoms.